The van der Waals surface area contributed by atoms with Gasteiger partial charge in [0.15, 0.2) is 5.96 Å². The highest BCUT2D eigenvalue weighted by molar-refractivity contribution is 5.99. The summed E-state index contributed by atoms with van der Waals surface area (Å²) in [5.41, 5.74) is 6.16. The van der Waals surface area contributed by atoms with Gasteiger partial charge in [-0.3, -0.25) is 14.5 Å². The minimum Gasteiger partial charge on any atom is -0.490 e. The lowest BCUT2D eigenvalue weighted by Crippen LogP contribution is -2.50. The number of nitrogens with two attached hydrogens (primary N) is 1. The number of fused-ring (bicyclic) bond motifs is 1. The van der Waals surface area contributed by atoms with Gasteiger partial charge in [-0.1, -0.05) is 0 Å². The highest BCUT2D eigenvalue weighted by atomic mass is 19.1. The van der Waals surface area contributed by atoms with Gasteiger partial charge >= 0.3 is 0 Å². The van der Waals surface area contributed by atoms with Crippen LogP contribution in [0.2, 0.25) is 0 Å². The van der Waals surface area contributed by atoms with Crippen LogP contribution in [0.1, 0.15) is 51.6 Å². The van der Waals surface area contributed by atoms with Crippen molar-refractivity contribution < 1.29 is 18.7 Å². The van der Waals surface area contributed by atoms with Crippen LogP contribution < -0.4 is 15.8 Å². The monoisotopic (exact) mass is 402 g/mol. The molecule has 1 saturated carbocycles. The number of nitrogens with one attached hydrogen (secondary N) is 1. The smallest absolute Gasteiger partial charge is 0.231 e. The maximum Gasteiger partial charge on any atom is 0.231 e. The van der Waals surface area contributed by atoms with Gasteiger partial charge in [0.05, 0.1) is 24.1 Å². The summed E-state index contributed by atoms with van der Waals surface area (Å²) in [6.45, 7) is 6.07. The number of rotatable bonds is 4. The molecule has 156 valence electrons. The molecule has 0 radical (unpaired) electrons. The molecule has 1 aromatic rings. The molecule has 4 rings (SSSR count). The highest BCUT2D eigenvalue weighted by Gasteiger charge is 2.46. The van der Waals surface area contributed by atoms with Gasteiger partial charge in [-0.15, -0.1) is 0 Å². The fourth-order valence-electron chi connectivity index (χ4n) is 4.24. The number of guanidine groups is 1. The average molecular weight is 402 g/mol. The van der Waals surface area contributed by atoms with Crippen LogP contribution in [0.5, 0.6) is 5.75 Å². The Bertz CT molecular complexity index is 885. The standard InChI is InChI=1S/C21H27FN4O3/c1-11-6-16(15-8-13(22)4-5-17(15)29-11)24-19(28)14-7-12(14)10-26-18(27)9-21(2,3)25-20(26)23/h4-5,8,11-12,14,16H,6-7,9-10H2,1-3H3,(H2,23,25)(H,24,28)/t11?,12-,14+,16-/m0/s1. The van der Waals surface area contributed by atoms with Crippen molar-refractivity contribution in [2.24, 2.45) is 22.6 Å². The fourth-order valence-corrected chi connectivity index (χ4v) is 4.24. The Morgan fingerprint density at radius 2 is 2.17 bits per heavy atom. The minimum absolute atomic E-state index is 0.0538. The van der Waals surface area contributed by atoms with Gasteiger partial charge in [0, 0.05) is 24.4 Å². The van der Waals surface area contributed by atoms with E-state index in [1.807, 2.05) is 20.8 Å². The number of aliphatic imine (C=N–C) groups is 1. The Morgan fingerprint density at radius 1 is 1.41 bits per heavy atom. The van der Waals surface area contributed by atoms with Gasteiger partial charge in [-0.25, -0.2) is 9.38 Å². The lowest BCUT2D eigenvalue weighted by atomic mass is 9.96. The zero-order valence-electron chi connectivity index (χ0n) is 16.9. The van der Waals surface area contributed by atoms with Gasteiger partial charge in [0.2, 0.25) is 11.8 Å². The molecule has 1 aliphatic carbocycles. The van der Waals surface area contributed by atoms with E-state index >= 15 is 0 Å². The summed E-state index contributed by atoms with van der Waals surface area (Å²) >= 11 is 0. The van der Waals surface area contributed by atoms with Crippen LogP contribution in [0.4, 0.5) is 4.39 Å². The number of halogens is 1. The van der Waals surface area contributed by atoms with Crippen LogP contribution in [0.3, 0.4) is 0 Å². The van der Waals surface area contributed by atoms with Gasteiger partial charge in [0.25, 0.3) is 0 Å². The Labute approximate surface area is 169 Å². The Balaban J connectivity index is 1.39. The van der Waals surface area contributed by atoms with Crippen molar-refractivity contribution in [1.82, 2.24) is 10.2 Å². The normalized spacial score (nSPS) is 30.1. The first-order chi connectivity index (χ1) is 13.6. The molecule has 0 aromatic heterocycles. The summed E-state index contributed by atoms with van der Waals surface area (Å²) < 4.78 is 19.4. The van der Waals surface area contributed by atoms with Crippen molar-refractivity contribution in [3.8, 4) is 5.75 Å². The molecule has 1 aromatic carbocycles. The Hall–Kier alpha value is -2.64. The molecule has 29 heavy (non-hydrogen) atoms. The molecule has 3 aliphatic rings. The lowest BCUT2D eigenvalue weighted by molar-refractivity contribution is -0.130. The van der Waals surface area contributed by atoms with E-state index in [0.29, 0.717) is 37.1 Å². The van der Waals surface area contributed by atoms with E-state index in [0.717, 1.165) is 0 Å². The third kappa shape index (κ3) is 4.06. The van der Waals surface area contributed by atoms with E-state index in [1.165, 1.54) is 17.0 Å². The average Bonchev–Trinajstić information content (AvgIpc) is 3.37. The molecule has 0 spiro atoms. The maximum atomic E-state index is 13.7. The molecule has 3 N–H and O–H groups in total. The summed E-state index contributed by atoms with van der Waals surface area (Å²) in [5.74, 6) is 0.208. The highest BCUT2D eigenvalue weighted by Crippen LogP contribution is 2.42. The number of carbonyl (C=O) groups is 2. The SMILES string of the molecule is CC1C[C@H](NC(=O)[C@@H]2C[C@H]2CN2C(=O)CC(C)(C)N=C2N)c2cc(F)ccc2O1. The quantitative estimate of drug-likeness (QED) is 0.806. The fraction of sp³-hybridized carbons (Fsp3) is 0.571. The predicted molar refractivity (Wildman–Crippen MR) is 106 cm³/mol. The molecule has 2 heterocycles. The summed E-state index contributed by atoms with van der Waals surface area (Å²) in [7, 11) is 0. The second-order valence-electron chi connectivity index (χ2n) is 8.97. The van der Waals surface area contributed by atoms with Gasteiger partial charge in [-0.2, -0.15) is 0 Å². The van der Waals surface area contributed by atoms with Gasteiger partial charge < -0.3 is 15.8 Å². The minimum atomic E-state index is -0.486. The molecule has 7 nitrogen and oxygen atoms in total. The van der Waals surface area contributed by atoms with Crippen molar-refractivity contribution in [2.75, 3.05) is 6.54 Å². The van der Waals surface area contributed by atoms with Crippen LogP contribution in [0, 0.1) is 17.7 Å². The molecule has 4 atom stereocenters. The molecule has 8 heteroatoms. The van der Waals surface area contributed by atoms with Crippen LogP contribution in [0.25, 0.3) is 0 Å². The number of hydrogen-bond donors (Lipinski definition) is 2. The van der Waals surface area contributed by atoms with Crippen molar-refractivity contribution in [1.29, 1.82) is 0 Å². The second kappa shape index (κ2) is 7.00. The molecular formula is C21H27FN4O3. The molecule has 1 fully saturated rings. The first-order valence-corrected chi connectivity index (χ1v) is 10.0. The van der Waals surface area contributed by atoms with E-state index < -0.39 is 5.54 Å². The molecule has 2 amide bonds. The van der Waals surface area contributed by atoms with Crippen LogP contribution in [-0.2, 0) is 9.59 Å². The van der Waals surface area contributed by atoms with Crippen LogP contribution in [-0.4, -0.2) is 40.9 Å². The van der Waals surface area contributed by atoms with Gasteiger partial charge in [-0.05, 0) is 51.3 Å². The number of hydrogen-bond acceptors (Lipinski definition) is 5. The Kier molecular flexibility index (Phi) is 4.75. The first kappa shape index (κ1) is 19.7. The maximum absolute atomic E-state index is 13.7. The molecule has 1 unspecified atom stereocenters. The Morgan fingerprint density at radius 3 is 2.90 bits per heavy atom. The molecule has 0 bridgehead atoms. The number of benzene rings is 1. The zero-order valence-corrected chi connectivity index (χ0v) is 16.9. The third-order valence-electron chi connectivity index (χ3n) is 5.81. The van der Waals surface area contributed by atoms with Crippen molar-refractivity contribution in [2.45, 2.75) is 57.7 Å². The van der Waals surface area contributed by atoms with E-state index in [4.69, 9.17) is 10.5 Å². The van der Waals surface area contributed by atoms with E-state index in [9.17, 15) is 14.0 Å². The predicted octanol–water partition coefficient (Wildman–Crippen LogP) is 2.12. The summed E-state index contributed by atoms with van der Waals surface area (Å²) in [5, 5.41) is 3.05. The molecular weight excluding hydrogens is 375 g/mol. The van der Waals surface area contributed by atoms with Crippen LogP contribution >= 0.6 is 0 Å². The molecule has 2 aliphatic heterocycles. The number of nitrogens with zero attached hydrogens (tertiary/aromatic N) is 2. The van der Waals surface area contributed by atoms with Crippen molar-refractivity contribution in [3.63, 3.8) is 0 Å². The topological polar surface area (TPSA) is 97.0 Å². The van der Waals surface area contributed by atoms with E-state index in [1.54, 1.807) is 6.07 Å². The largest absolute Gasteiger partial charge is 0.490 e. The first-order valence-electron chi connectivity index (χ1n) is 10.0. The van der Waals surface area contributed by atoms with E-state index in [-0.39, 0.29) is 47.6 Å². The summed E-state index contributed by atoms with van der Waals surface area (Å²) in [4.78, 5) is 31.1. The third-order valence-corrected chi connectivity index (χ3v) is 5.81. The van der Waals surface area contributed by atoms with E-state index in [2.05, 4.69) is 10.3 Å². The zero-order chi connectivity index (χ0) is 20.9. The number of amides is 2. The van der Waals surface area contributed by atoms with Crippen molar-refractivity contribution >= 4 is 17.8 Å². The second-order valence-corrected chi connectivity index (χ2v) is 8.97. The van der Waals surface area contributed by atoms with Crippen LogP contribution in [0.15, 0.2) is 23.2 Å². The lowest BCUT2D eigenvalue weighted by Gasteiger charge is -2.33. The number of carbonyl (C=O) groups excluding carboxylic acids is 2. The van der Waals surface area contributed by atoms with Crippen molar-refractivity contribution in [3.05, 3.63) is 29.6 Å². The van der Waals surface area contributed by atoms with Gasteiger partial charge in [0.1, 0.15) is 11.6 Å². The number of ether oxygens (including phenoxy) is 1. The molecule has 0 saturated heterocycles. The summed E-state index contributed by atoms with van der Waals surface area (Å²) in [6.07, 6.45) is 1.51. The summed E-state index contributed by atoms with van der Waals surface area (Å²) in [6, 6.07) is 4.09.